The van der Waals surface area contributed by atoms with Gasteiger partial charge in [-0.15, -0.1) is 0 Å². The van der Waals surface area contributed by atoms with Crippen LogP contribution in [0.4, 0.5) is 0 Å². The summed E-state index contributed by atoms with van der Waals surface area (Å²) < 4.78 is 10.6. The summed E-state index contributed by atoms with van der Waals surface area (Å²) in [6.07, 6.45) is 0. The standard InChI is InChI=1S/C7H8BrNO2/c1-10-5-3-6(8)9-7(4-5)11-2/h3-4H,1-2H3. The molecule has 60 valence electrons. The lowest BCUT2D eigenvalue weighted by molar-refractivity contribution is 0.381. The first-order valence-corrected chi connectivity index (χ1v) is 3.81. The smallest absolute Gasteiger partial charge is 0.217 e. The third kappa shape index (κ3) is 2.08. The van der Waals surface area contributed by atoms with E-state index < -0.39 is 0 Å². The van der Waals surface area contributed by atoms with E-state index in [0.29, 0.717) is 10.5 Å². The molecule has 1 heterocycles. The predicted molar refractivity (Wildman–Crippen MR) is 45.0 cm³/mol. The molecule has 0 atom stereocenters. The van der Waals surface area contributed by atoms with E-state index in [1.165, 1.54) is 0 Å². The van der Waals surface area contributed by atoms with Gasteiger partial charge in [0.2, 0.25) is 5.88 Å². The third-order valence-electron chi connectivity index (χ3n) is 1.19. The Hall–Kier alpha value is -0.770. The van der Waals surface area contributed by atoms with Gasteiger partial charge in [0.05, 0.1) is 14.2 Å². The summed E-state index contributed by atoms with van der Waals surface area (Å²) in [6.45, 7) is 0. The number of halogens is 1. The van der Waals surface area contributed by atoms with Crippen molar-refractivity contribution in [2.75, 3.05) is 14.2 Å². The average Bonchev–Trinajstić information content (AvgIpc) is 2.03. The SMILES string of the molecule is COc1cc(Br)nc(OC)c1. The average molecular weight is 218 g/mol. The molecule has 0 aliphatic rings. The molecule has 0 spiro atoms. The molecule has 1 aromatic rings. The molecule has 0 radical (unpaired) electrons. The molecule has 0 aromatic carbocycles. The van der Waals surface area contributed by atoms with Crippen LogP contribution in [0.15, 0.2) is 16.7 Å². The Balaban J connectivity index is 3.02. The Labute approximate surface area is 73.5 Å². The number of aromatic nitrogens is 1. The monoisotopic (exact) mass is 217 g/mol. The van der Waals surface area contributed by atoms with Crippen LogP contribution in [0, 0.1) is 0 Å². The van der Waals surface area contributed by atoms with Gasteiger partial charge < -0.3 is 9.47 Å². The summed E-state index contributed by atoms with van der Waals surface area (Å²) in [7, 11) is 3.16. The molecule has 0 amide bonds. The highest BCUT2D eigenvalue weighted by molar-refractivity contribution is 9.10. The van der Waals surface area contributed by atoms with Crippen LogP contribution < -0.4 is 9.47 Å². The van der Waals surface area contributed by atoms with Crippen molar-refractivity contribution < 1.29 is 9.47 Å². The van der Waals surface area contributed by atoms with E-state index >= 15 is 0 Å². The molecule has 0 saturated carbocycles. The minimum Gasteiger partial charge on any atom is -0.496 e. The van der Waals surface area contributed by atoms with E-state index in [4.69, 9.17) is 9.47 Å². The van der Waals surface area contributed by atoms with Gasteiger partial charge in [-0.25, -0.2) is 4.98 Å². The second-order valence-corrected chi connectivity index (χ2v) is 2.68. The third-order valence-corrected chi connectivity index (χ3v) is 1.60. The largest absolute Gasteiger partial charge is 0.496 e. The van der Waals surface area contributed by atoms with E-state index in [9.17, 15) is 0 Å². The van der Waals surface area contributed by atoms with Crippen LogP contribution in [0.5, 0.6) is 11.6 Å². The number of hydrogen-bond donors (Lipinski definition) is 0. The molecule has 0 unspecified atom stereocenters. The molecule has 0 bridgehead atoms. The summed E-state index contributed by atoms with van der Waals surface area (Å²) in [6, 6.07) is 3.48. The minimum absolute atomic E-state index is 0.538. The van der Waals surface area contributed by atoms with Gasteiger partial charge in [0.25, 0.3) is 0 Å². The lowest BCUT2D eigenvalue weighted by Crippen LogP contribution is -1.90. The lowest BCUT2D eigenvalue weighted by atomic mass is 10.4. The van der Waals surface area contributed by atoms with Crippen molar-refractivity contribution in [2.45, 2.75) is 0 Å². The Morgan fingerprint density at radius 2 is 2.00 bits per heavy atom. The zero-order chi connectivity index (χ0) is 8.27. The quantitative estimate of drug-likeness (QED) is 0.710. The topological polar surface area (TPSA) is 31.4 Å². The molecule has 3 nitrogen and oxygen atoms in total. The zero-order valence-electron chi connectivity index (χ0n) is 6.30. The number of pyridine rings is 1. The van der Waals surface area contributed by atoms with Crippen LogP contribution in [0.3, 0.4) is 0 Å². The molecule has 4 heteroatoms. The molecule has 0 N–H and O–H groups in total. The van der Waals surface area contributed by atoms with Crippen molar-refractivity contribution in [1.29, 1.82) is 0 Å². The number of hydrogen-bond acceptors (Lipinski definition) is 3. The first-order valence-electron chi connectivity index (χ1n) is 3.02. The zero-order valence-corrected chi connectivity index (χ0v) is 7.88. The number of ether oxygens (including phenoxy) is 2. The summed E-state index contributed by atoms with van der Waals surface area (Å²) >= 11 is 3.22. The maximum Gasteiger partial charge on any atom is 0.217 e. The fourth-order valence-corrected chi connectivity index (χ4v) is 1.07. The van der Waals surface area contributed by atoms with E-state index in [-0.39, 0.29) is 0 Å². The van der Waals surface area contributed by atoms with Crippen molar-refractivity contribution in [3.8, 4) is 11.6 Å². The summed E-state index contributed by atoms with van der Waals surface area (Å²) in [4.78, 5) is 4.01. The van der Waals surface area contributed by atoms with Gasteiger partial charge in [0, 0.05) is 12.1 Å². The maximum atomic E-state index is 4.99. The second-order valence-electron chi connectivity index (χ2n) is 1.87. The van der Waals surface area contributed by atoms with Crippen molar-refractivity contribution in [3.63, 3.8) is 0 Å². The lowest BCUT2D eigenvalue weighted by Gasteiger charge is -2.02. The molecule has 0 aliphatic carbocycles. The van der Waals surface area contributed by atoms with Crippen molar-refractivity contribution in [2.24, 2.45) is 0 Å². The van der Waals surface area contributed by atoms with Crippen LogP contribution in [-0.4, -0.2) is 19.2 Å². The van der Waals surface area contributed by atoms with Crippen molar-refractivity contribution >= 4 is 15.9 Å². The Bertz CT molecular complexity index is 230. The van der Waals surface area contributed by atoms with Crippen LogP contribution in [0.25, 0.3) is 0 Å². The first-order chi connectivity index (χ1) is 5.26. The molecule has 0 aliphatic heterocycles. The van der Waals surface area contributed by atoms with Crippen molar-refractivity contribution in [3.05, 3.63) is 16.7 Å². The van der Waals surface area contributed by atoms with Gasteiger partial charge in [-0.1, -0.05) is 0 Å². The van der Waals surface area contributed by atoms with Crippen LogP contribution in [-0.2, 0) is 0 Å². The molecule has 0 fully saturated rings. The molecule has 0 saturated heterocycles. The summed E-state index contributed by atoms with van der Waals surface area (Å²) in [5.74, 6) is 1.26. The highest BCUT2D eigenvalue weighted by atomic mass is 79.9. The Morgan fingerprint density at radius 3 is 2.55 bits per heavy atom. The van der Waals surface area contributed by atoms with Gasteiger partial charge in [0.15, 0.2) is 0 Å². The van der Waals surface area contributed by atoms with Crippen LogP contribution in [0.2, 0.25) is 0 Å². The minimum atomic E-state index is 0.538. The highest BCUT2D eigenvalue weighted by Gasteiger charge is 1.99. The normalized spacial score (nSPS) is 9.36. The second kappa shape index (κ2) is 3.57. The Morgan fingerprint density at radius 1 is 1.27 bits per heavy atom. The summed E-state index contributed by atoms with van der Waals surface area (Å²) in [5.41, 5.74) is 0. The highest BCUT2D eigenvalue weighted by Crippen LogP contribution is 2.21. The molecule has 1 aromatic heterocycles. The molecule has 1 rings (SSSR count). The molecular formula is C7H8BrNO2. The van der Waals surface area contributed by atoms with E-state index in [0.717, 1.165) is 5.75 Å². The van der Waals surface area contributed by atoms with Gasteiger partial charge in [0.1, 0.15) is 10.4 Å². The van der Waals surface area contributed by atoms with Crippen molar-refractivity contribution in [1.82, 2.24) is 4.98 Å². The molecule has 11 heavy (non-hydrogen) atoms. The van der Waals surface area contributed by atoms with E-state index in [2.05, 4.69) is 20.9 Å². The fraction of sp³-hybridized carbons (Fsp3) is 0.286. The maximum absolute atomic E-state index is 4.99. The molecular weight excluding hydrogens is 210 g/mol. The van der Waals surface area contributed by atoms with Gasteiger partial charge in [-0.2, -0.15) is 0 Å². The van der Waals surface area contributed by atoms with Gasteiger partial charge in [-0.05, 0) is 15.9 Å². The Kier molecular flexibility index (Phi) is 2.70. The van der Waals surface area contributed by atoms with Crippen LogP contribution >= 0.6 is 15.9 Å². The fourth-order valence-electron chi connectivity index (χ4n) is 0.673. The number of nitrogens with zero attached hydrogens (tertiary/aromatic N) is 1. The first kappa shape index (κ1) is 8.33. The van der Waals surface area contributed by atoms with Crippen LogP contribution in [0.1, 0.15) is 0 Å². The number of rotatable bonds is 2. The number of methoxy groups -OCH3 is 2. The van der Waals surface area contributed by atoms with Gasteiger partial charge >= 0.3 is 0 Å². The summed E-state index contributed by atoms with van der Waals surface area (Å²) in [5, 5.41) is 0. The van der Waals surface area contributed by atoms with Gasteiger partial charge in [-0.3, -0.25) is 0 Å². The predicted octanol–water partition coefficient (Wildman–Crippen LogP) is 1.86. The van der Waals surface area contributed by atoms with E-state index in [1.54, 1.807) is 26.4 Å². The van der Waals surface area contributed by atoms with E-state index in [1.807, 2.05) is 0 Å².